The first-order chi connectivity index (χ1) is 15.4. The first kappa shape index (κ1) is 22.7. The number of carbonyl (C=O) groups excluding carboxylic acids is 2. The Labute approximate surface area is 188 Å². The maximum Gasteiger partial charge on any atom is 0.258 e. The Hall–Kier alpha value is -4.00. The molecular formula is C25H27N5O2. The van der Waals surface area contributed by atoms with Gasteiger partial charge in [0.15, 0.2) is 0 Å². The van der Waals surface area contributed by atoms with Crippen LogP contribution in [0.1, 0.15) is 48.2 Å². The molecule has 0 spiro atoms. The molecule has 0 radical (unpaired) electrons. The van der Waals surface area contributed by atoms with Crippen molar-refractivity contribution in [2.24, 2.45) is 4.99 Å². The largest absolute Gasteiger partial charge is 0.326 e. The quantitative estimate of drug-likeness (QED) is 0.395. The van der Waals surface area contributed by atoms with E-state index in [9.17, 15) is 9.59 Å². The molecule has 164 valence electrons. The number of amides is 2. The number of nitrogens with one attached hydrogen (secondary N) is 3. The van der Waals surface area contributed by atoms with Crippen LogP contribution in [0.3, 0.4) is 0 Å². The summed E-state index contributed by atoms with van der Waals surface area (Å²) in [5.74, 6) is 0.171. The Morgan fingerprint density at radius 3 is 2.31 bits per heavy atom. The standard InChI is InChI=1S/C25H27N5O2/c1-17(2)20-6-4-9-23(14-20)29-25(27-16-19-10-12-26-13-11-19)30-24(32)21-7-5-8-22(15-21)28-18(3)31/h4-15,17H,16H2,1-3H3,(H,28,31)(H2,27,29,30,32). The molecule has 0 saturated heterocycles. The molecule has 0 aliphatic heterocycles. The van der Waals surface area contributed by atoms with Gasteiger partial charge in [-0.25, -0.2) is 4.99 Å². The first-order valence-corrected chi connectivity index (χ1v) is 10.4. The number of anilines is 2. The zero-order chi connectivity index (χ0) is 22.9. The number of nitrogens with zero attached hydrogens (tertiary/aromatic N) is 2. The zero-order valence-corrected chi connectivity index (χ0v) is 18.4. The van der Waals surface area contributed by atoms with Gasteiger partial charge < -0.3 is 10.6 Å². The number of benzene rings is 2. The molecule has 1 aromatic heterocycles. The van der Waals surface area contributed by atoms with Gasteiger partial charge in [-0.2, -0.15) is 0 Å². The second-order valence-corrected chi connectivity index (χ2v) is 7.64. The van der Waals surface area contributed by atoms with Crippen LogP contribution in [-0.2, 0) is 11.3 Å². The highest BCUT2D eigenvalue weighted by Gasteiger charge is 2.11. The average Bonchev–Trinajstić information content (AvgIpc) is 2.78. The predicted molar refractivity (Wildman–Crippen MR) is 128 cm³/mol. The average molecular weight is 430 g/mol. The second-order valence-electron chi connectivity index (χ2n) is 7.64. The van der Waals surface area contributed by atoms with Gasteiger partial charge in [0.2, 0.25) is 11.9 Å². The van der Waals surface area contributed by atoms with E-state index in [4.69, 9.17) is 0 Å². The summed E-state index contributed by atoms with van der Waals surface area (Å²) in [5, 5.41) is 8.76. The van der Waals surface area contributed by atoms with E-state index in [2.05, 4.69) is 45.8 Å². The van der Waals surface area contributed by atoms with Crippen molar-refractivity contribution in [2.75, 3.05) is 10.6 Å². The molecule has 1 heterocycles. The van der Waals surface area contributed by atoms with E-state index in [1.807, 2.05) is 30.3 Å². The SMILES string of the molecule is CC(=O)Nc1cccc(C(=O)NC(=NCc2ccncc2)Nc2cccc(C(C)C)c2)c1. The summed E-state index contributed by atoms with van der Waals surface area (Å²) in [7, 11) is 0. The third-order valence-electron chi connectivity index (χ3n) is 4.66. The molecule has 0 bridgehead atoms. The van der Waals surface area contributed by atoms with Gasteiger partial charge in [-0.1, -0.05) is 32.0 Å². The highest BCUT2D eigenvalue weighted by Crippen LogP contribution is 2.18. The number of guanidine groups is 1. The molecule has 0 aliphatic rings. The molecular weight excluding hydrogens is 402 g/mol. The number of carbonyl (C=O) groups is 2. The van der Waals surface area contributed by atoms with Crippen LogP contribution in [0.15, 0.2) is 78.0 Å². The molecule has 3 N–H and O–H groups in total. The van der Waals surface area contributed by atoms with E-state index < -0.39 is 0 Å². The number of pyridine rings is 1. The van der Waals surface area contributed by atoms with E-state index in [-0.39, 0.29) is 11.8 Å². The van der Waals surface area contributed by atoms with E-state index >= 15 is 0 Å². The highest BCUT2D eigenvalue weighted by molar-refractivity contribution is 6.10. The highest BCUT2D eigenvalue weighted by atomic mass is 16.2. The van der Waals surface area contributed by atoms with E-state index in [1.54, 1.807) is 36.7 Å². The van der Waals surface area contributed by atoms with E-state index in [0.29, 0.717) is 29.7 Å². The molecule has 7 nitrogen and oxygen atoms in total. The Bertz CT molecular complexity index is 1110. The van der Waals surface area contributed by atoms with Crippen LogP contribution in [0.5, 0.6) is 0 Å². The number of aromatic nitrogens is 1. The van der Waals surface area contributed by atoms with Gasteiger partial charge in [-0.15, -0.1) is 0 Å². The molecule has 0 aliphatic carbocycles. The van der Waals surface area contributed by atoms with Gasteiger partial charge in [0.1, 0.15) is 0 Å². The minimum absolute atomic E-state index is 0.200. The summed E-state index contributed by atoms with van der Waals surface area (Å²) in [6, 6.07) is 18.5. The van der Waals surface area contributed by atoms with Crippen LogP contribution in [0.2, 0.25) is 0 Å². The lowest BCUT2D eigenvalue weighted by atomic mass is 10.0. The van der Waals surface area contributed by atoms with Crippen LogP contribution in [-0.4, -0.2) is 22.8 Å². The van der Waals surface area contributed by atoms with Crippen LogP contribution in [0.25, 0.3) is 0 Å². The van der Waals surface area contributed by atoms with Crippen molar-refractivity contribution >= 4 is 29.1 Å². The van der Waals surface area contributed by atoms with Crippen molar-refractivity contribution < 1.29 is 9.59 Å². The van der Waals surface area contributed by atoms with E-state index in [1.165, 1.54) is 12.5 Å². The summed E-state index contributed by atoms with van der Waals surface area (Å²) in [6.07, 6.45) is 3.41. The predicted octanol–water partition coefficient (Wildman–Crippen LogP) is 4.56. The van der Waals surface area contributed by atoms with Crippen molar-refractivity contribution in [1.82, 2.24) is 10.3 Å². The Morgan fingerprint density at radius 2 is 1.62 bits per heavy atom. The van der Waals surface area contributed by atoms with Crippen molar-refractivity contribution in [2.45, 2.75) is 33.2 Å². The fourth-order valence-corrected chi connectivity index (χ4v) is 3.00. The fraction of sp³-hybridized carbons (Fsp3) is 0.200. The Kier molecular flexibility index (Phi) is 7.70. The monoisotopic (exact) mass is 429 g/mol. The fourth-order valence-electron chi connectivity index (χ4n) is 3.00. The molecule has 0 unspecified atom stereocenters. The summed E-state index contributed by atoms with van der Waals surface area (Å²) in [5.41, 5.74) is 3.94. The minimum Gasteiger partial charge on any atom is -0.326 e. The molecule has 0 saturated carbocycles. The number of rotatable bonds is 6. The molecule has 3 rings (SSSR count). The van der Waals surface area contributed by atoms with Crippen molar-refractivity contribution in [3.05, 3.63) is 89.7 Å². The van der Waals surface area contributed by atoms with Crippen molar-refractivity contribution in [3.8, 4) is 0 Å². The number of aliphatic imine (C=N–C) groups is 1. The second kappa shape index (κ2) is 10.9. The molecule has 0 atom stereocenters. The molecule has 0 fully saturated rings. The van der Waals surface area contributed by atoms with Crippen molar-refractivity contribution in [1.29, 1.82) is 0 Å². The summed E-state index contributed by atoms with van der Waals surface area (Å²) in [4.78, 5) is 32.8. The molecule has 32 heavy (non-hydrogen) atoms. The van der Waals surface area contributed by atoms with Gasteiger partial charge in [0.25, 0.3) is 5.91 Å². The van der Waals surface area contributed by atoms with Crippen LogP contribution in [0.4, 0.5) is 11.4 Å². The maximum absolute atomic E-state index is 12.9. The number of hydrogen-bond donors (Lipinski definition) is 3. The molecule has 3 aromatic rings. The minimum atomic E-state index is -0.335. The smallest absolute Gasteiger partial charge is 0.258 e. The van der Waals surface area contributed by atoms with Crippen molar-refractivity contribution in [3.63, 3.8) is 0 Å². The van der Waals surface area contributed by atoms with Gasteiger partial charge in [-0.05, 0) is 59.5 Å². The van der Waals surface area contributed by atoms with Crippen LogP contribution in [0, 0.1) is 0 Å². The maximum atomic E-state index is 12.9. The topological polar surface area (TPSA) is 95.5 Å². The summed E-state index contributed by atoms with van der Waals surface area (Å²) >= 11 is 0. The lowest BCUT2D eigenvalue weighted by Gasteiger charge is -2.14. The summed E-state index contributed by atoms with van der Waals surface area (Å²) in [6.45, 7) is 6.05. The van der Waals surface area contributed by atoms with Crippen LogP contribution < -0.4 is 16.0 Å². The lowest BCUT2D eigenvalue weighted by molar-refractivity contribution is -0.114. The van der Waals surface area contributed by atoms with Gasteiger partial charge >= 0.3 is 0 Å². The molecule has 7 heteroatoms. The normalized spacial score (nSPS) is 11.2. The summed E-state index contributed by atoms with van der Waals surface area (Å²) < 4.78 is 0. The van der Waals surface area contributed by atoms with E-state index in [0.717, 1.165) is 11.3 Å². The Morgan fingerprint density at radius 1 is 0.938 bits per heavy atom. The Balaban J connectivity index is 1.82. The molecule has 2 amide bonds. The third kappa shape index (κ3) is 6.77. The third-order valence-corrected chi connectivity index (χ3v) is 4.66. The number of hydrogen-bond acceptors (Lipinski definition) is 4. The van der Waals surface area contributed by atoms with Crippen LogP contribution >= 0.6 is 0 Å². The lowest BCUT2D eigenvalue weighted by Crippen LogP contribution is -2.36. The zero-order valence-electron chi connectivity index (χ0n) is 18.4. The van der Waals surface area contributed by atoms with Gasteiger partial charge in [0.05, 0.1) is 6.54 Å². The van der Waals surface area contributed by atoms with Gasteiger partial charge in [-0.3, -0.25) is 19.9 Å². The first-order valence-electron chi connectivity index (χ1n) is 10.4. The molecule has 2 aromatic carbocycles. The van der Waals surface area contributed by atoms with Gasteiger partial charge in [0, 0.05) is 36.3 Å².